The molecule has 2 N–H and O–H groups in total. The molecular weight excluding hydrogens is 258 g/mol. The van der Waals surface area contributed by atoms with Gasteiger partial charge in [-0.3, -0.25) is 4.79 Å². The quantitative estimate of drug-likeness (QED) is 0.741. The number of benzene rings is 1. The molecule has 0 aliphatic rings. The molecule has 1 aromatic rings. The van der Waals surface area contributed by atoms with Gasteiger partial charge in [0.05, 0.1) is 17.9 Å². The minimum absolute atomic E-state index is 0.0358. The molecule has 0 amide bonds. The summed E-state index contributed by atoms with van der Waals surface area (Å²) in [5.74, 6) is -0.598. The van der Waals surface area contributed by atoms with Crippen LogP contribution < -0.4 is 4.72 Å². The molecule has 0 atom stereocenters. The number of aromatic hydroxyl groups is 1. The second-order valence-electron chi connectivity index (χ2n) is 3.45. The number of hydrogen-bond acceptors (Lipinski definition) is 5. The molecule has 1 aromatic carbocycles. The smallest absolute Gasteiger partial charge is 0.307 e. The highest BCUT2D eigenvalue weighted by molar-refractivity contribution is 7.89. The van der Waals surface area contributed by atoms with Gasteiger partial charge >= 0.3 is 5.97 Å². The van der Waals surface area contributed by atoms with Crippen molar-refractivity contribution in [3.8, 4) is 5.75 Å². The molecule has 1 rings (SSSR count). The van der Waals surface area contributed by atoms with Crippen molar-refractivity contribution in [2.24, 2.45) is 0 Å². The van der Waals surface area contributed by atoms with Gasteiger partial charge in [0.15, 0.2) is 0 Å². The molecule has 0 aliphatic heterocycles. The van der Waals surface area contributed by atoms with E-state index in [-0.39, 0.29) is 30.2 Å². The van der Waals surface area contributed by atoms with Gasteiger partial charge in [0.25, 0.3) is 0 Å². The number of esters is 1. The Morgan fingerprint density at radius 2 is 2.17 bits per heavy atom. The Morgan fingerprint density at radius 3 is 2.78 bits per heavy atom. The number of carbonyl (C=O) groups excluding carboxylic acids is 1. The van der Waals surface area contributed by atoms with Crippen LogP contribution >= 0.6 is 0 Å². The Morgan fingerprint density at radius 1 is 1.44 bits per heavy atom. The number of nitrogens with one attached hydrogen (secondary N) is 1. The van der Waals surface area contributed by atoms with Crippen molar-refractivity contribution in [3.05, 3.63) is 24.3 Å². The van der Waals surface area contributed by atoms with Crippen LogP contribution in [0.5, 0.6) is 5.75 Å². The largest absolute Gasteiger partial charge is 0.508 e. The lowest BCUT2D eigenvalue weighted by Gasteiger charge is -2.06. The van der Waals surface area contributed by atoms with Crippen molar-refractivity contribution in [2.75, 3.05) is 13.2 Å². The van der Waals surface area contributed by atoms with E-state index in [0.29, 0.717) is 0 Å². The van der Waals surface area contributed by atoms with Crippen molar-refractivity contribution in [1.29, 1.82) is 0 Å². The van der Waals surface area contributed by atoms with Gasteiger partial charge in [-0.2, -0.15) is 0 Å². The zero-order valence-electron chi connectivity index (χ0n) is 9.92. The van der Waals surface area contributed by atoms with Crippen LogP contribution in [0, 0.1) is 0 Å². The van der Waals surface area contributed by atoms with Crippen LogP contribution in [0.4, 0.5) is 0 Å². The van der Waals surface area contributed by atoms with E-state index < -0.39 is 16.0 Å². The maximum absolute atomic E-state index is 11.7. The minimum Gasteiger partial charge on any atom is -0.508 e. The number of hydrogen-bond donors (Lipinski definition) is 2. The Hall–Kier alpha value is -1.60. The van der Waals surface area contributed by atoms with E-state index in [2.05, 4.69) is 9.46 Å². The Kier molecular flexibility index (Phi) is 5.11. The molecule has 6 nitrogen and oxygen atoms in total. The molecule has 0 saturated carbocycles. The van der Waals surface area contributed by atoms with Gasteiger partial charge in [0.2, 0.25) is 10.0 Å². The van der Waals surface area contributed by atoms with Crippen LogP contribution in [0.3, 0.4) is 0 Å². The highest BCUT2D eigenvalue weighted by Gasteiger charge is 2.14. The van der Waals surface area contributed by atoms with Crippen molar-refractivity contribution in [3.63, 3.8) is 0 Å². The SMILES string of the molecule is CCOC(=O)CCNS(=O)(=O)c1cccc(O)c1. The molecule has 7 heteroatoms. The molecule has 18 heavy (non-hydrogen) atoms. The molecule has 100 valence electrons. The Bertz CT molecular complexity index is 512. The summed E-state index contributed by atoms with van der Waals surface area (Å²) in [5.41, 5.74) is 0. The monoisotopic (exact) mass is 273 g/mol. The van der Waals surface area contributed by atoms with Gasteiger partial charge < -0.3 is 9.84 Å². The maximum atomic E-state index is 11.7. The van der Waals surface area contributed by atoms with Crippen LogP contribution in [0.1, 0.15) is 13.3 Å². The summed E-state index contributed by atoms with van der Waals surface area (Å²) < 4.78 is 30.4. The molecule has 0 spiro atoms. The first-order valence-electron chi connectivity index (χ1n) is 5.40. The summed E-state index contributed by atoms with van der Waals surface area (Å²) in [5, 5.41) is 9.19. The lowest BCUT2D eigenvalue weighted by Crippen LogP contribution is -2.26. The molecule has 0 heterocycles. The first-order valence-corrected chi connectivity index (χ1v) is 6.88. The lowest BCUT2D eigenvalue weighted by molar-refractivity contribution is -0.142. The Labute approximate surface area is 106 Å². The maximum Gasteiger partial charge on any atom is 0.307 e. The van der Waals surface area contributed by atoms with Gasteiger partial charge in [0.1, 0.15) is 5.75 Å². The predicted molar refractivity (Wildman–Crippen MR) is 64.5 cm³/mol. The second kappa shape index (κ2) is 6.36. The first kappa shape index (κ1) is 14.5. The van der Waals surface area contributed by atoms with Crippen LogP contribution in [0.15, 0.2) is 29.2 Å². The lowest BCUT2D eigenvalue weighted by atomic mass is 10.3. The van der Waals surface area contributed by atoms with Crippen molar-refractivity contribution >= 4 is 16.0 Å². The molecule has 0 saturated heterocycles. The fraction of sp³-hybridized carbons (Fsp3) is 0.364. The van der Waals surface area contributed by atoms with Crippen LogP contribution in [-0.2, 0) is 19.6 Å². The van der Waals surface area contributed by atoms with Gasteiger partial charge in [-0.15, -0.1) is 0 Å². The fourth-order valence-corrected chi connectivity index (χ4v) is 2.33. The summed E-state index contributed by atoms with van der Waals surface area (Å²) in [7, 11) is -3.71. The van der Waals surface area contributed by atoms with E-state index in [1.807, 2.05) is 0 Å². The third-order valence-electron chi connectivity index (χ3n) is 2.05. The van der Waals surface area contributed by atoms with Gasteiger partial charge in [-0.1, -0.05) is 6.07 Å². The third kappa shape index (κ3) is 4.34. The number of rotatable bonds is 6. The number of phenols is 1. The zero-order valence-corrected chi connectivity index (χ0v) is 10.7. The van der Waals surface area contributed by atoms with Crippen LogP contribution in [0.2, 0.25) is 0 Å². The third-order valence-corrected chi connectivity index (χ3v) is 3.51. The summed E-state index contributed by atoms with van der Waals surface area (Å²) >= 11 is 0. The molecule has 0 bridgehead atoms. The molecule has 0 aliphatic carbocycles. The minimum atomic E-state index is -3.71. The summed E-state index contributed by atoms with van der Waals surface area (Å²) in [6.45, 7) is 1.89. The summed E-state index contributed by atoms with van der Waals surface area (Å²) in [6.07, 6.45) is -0.0358. The molecule has 0 unspecified atom stereocenters. The van der Waals surface area contributed by atoms with Crippen molar-refractivity contribution < 1.29 is 23.1 Å². The van der Waals surface area contributed by atoms with E-state index in [4.69, 9.17) is 0 Å². The van der Waals surface area contributed by atoms with E-state index in [1.54, 1.807) is 6.92 Å². The fourth-order valence-electron chi connectivity index (χ4n) is 1.25. The van der Waals surface area contributed by atoms with Gasteiger partial charge in [-0.05, 0) is 25.1 Å². The number of phenolic OH excluding ortho intramolecular Hbond substituents is 1. The van der Waals surface area contributed by atoms with E-state index in [1.165, 1.54) is 18.2 Å². The average molecular weight is 273 g/mol. The van der Waals surface area contributed by atoms with E-state index in [0.717, 1.165) is 6.07 Å². The highest BCUT2D eigenvalue weighted by Crippen LogP contribution is 2.15. The molecule has 0 fully saturated rings. The molecular formula is C11H15NO5S. The van der Waals surface area contributed by atoms with Crippen LogP contribution in [0.25, 0.3) is 0 Å². The van der Waals surface area contributed by atoms with Gasteiger partial charge in [-0.25, -0.2) is 13.1 Å². The standard InChI is InChI=1S/C11H15NO5S/c1-2-17-11(14)6-7-12-18(15,16)10-5-3-4-9(13)8-10/h3-5,8,12-13H,2,6-7H2,1H3. The second-order valence-corrected chi connectivity index (χ2v) is 5.22. The summed E-state index contributed by atoms with van der Waals surface area (Å²) in [4.78, 5) is 11.0. The van der Waals surface area contributed by atoms with Crippen molar-refractivity contribution in [2.45, 2.75) is 18.2 Å². The van der Waals surface area contributed by atoms with Crippen LogP contribution in [-0.4, -0.2) is 32.6 Å². The first-order chi connectivity index (χ1) is 8.45. The highest BCUT2D eigenvalue weighted by atomic mass is 32.2. The molecule has 0 aromatic heterocycles. The predicted octanol–water partition coefficient (Wildman–Crippen LogP) is 0.624. The van der Waals surface area contributed by atoms with Gasteiger partial charge in [0, 0.05) is 6.54 Å². The topological polar surface area (TPSA) is 92.7 Å². The zero-order chi connectivity index (χ0) is 13.6. The molecule has 0 radical (unpaired) electrons. The van der Waals surface area contributed by atoms with E-state index >= 15 is 0 Å². The number of ether oxygens (including phenoxy) is 1. The van der Waals surface area contributed by atoms with E-state index in [9.17, 15) is 18.3 Å². The average Bonchev–Trinajstić information content (AvgIpc) is 2.29. The van der Waals surface area contributed by atoms with Crippen molar-refractivity contribution in [1.82, 2.24) is 4.72 Å². The number of carbonyl (C=O) groups is 1. The Balaban J connectivity index is 2.58. The summed E-state index contributed by atoms with van der Waals surface area (Å²) in [6, 6.07) is 5.28. The number of sulfonamides is 1. The normalized spacial score (nSPS) is 11.2.